The highest BCUT2D eigenvalue weighted by Crippen LogP contribution is 2.36. The predicted octanol–water partition coefficient (Wildman–Crippen LogP) is 2.93. The summed E-state index contributed by atoms with van der Waals surface area (Å²) in [4.78, 5) is 6.59. The monoisotopic (exact) mass is 434 g/mol. The number of pyridine rings is 1. The van der Waals surface area contributed by atoms with Gasteiger partial charge in [0.1, 0.15) is 11.9 Å². The molecule has 164 valence electrons. The van der Waals surface area contributed by atoms with Gasteiger partial charge >= 0.3 is 6.36 Å². The zero-order valence-electron chi connectivity index (χ0n) is 16.5. The van der Waals surface area contributed by atoms with E-state index in [1.807, 2.05) is 6.08 Å². The van der Waals surface area contributed by atoms with Gasteiger partial charge in [-0.25, -0.2) is 9.67 Å². The number of aromatic nitrogens is 3. The van der Waals surface area contributed by atoms with Crippen LogP contribution in [-0.4, -0.2) is 62.5 Å². The van der Waals surface area contributed by atoms with E-state index in [-0.39, 0.29) is 11.7 Å². The number of likely N-dealkylation sites (tertiary alicyclic amines) is 1. The third-order valence-electron chi connectivity index (χ3n) is 5.21. The molecule has 2 aromatic heterocycles. The molecule has 1 atom stereocenters. The van der Waals surface area contributed by atoms with Crippen molar-refractivity contribution in [2.45, 2.75) is 18.4 Å². The van der Waals surface area contributed by atoms with Crippen LogP contribution in [0.3, 0.4) is 0 Å². The molecule has 7 nitrogen and oxygen atoms in total. The summed E-state index contributed by atoms with van der Waals surface area (Å²) in [6, 6.07) is 6.96. The quantitative estimate of drug-likeness (QED) is 0.557. The Morgan fingerprint density at radius 2 is 1.94 bits per heavy atom. The van der Waals surface area contributed by atoms with E-state index in [4.69, 9.17) is 5.10 Å². The molecule has 2 N–H and O–H groups in total. The summed E-state index contributed by atoms with van der Waals surface area (Å²) in [6.45, 7) is 5.53. The lowest BCUT2D eigenvalue weighted by atomic mass is 9.92. The van der Waals surface area contributed by atoms with Gasteiger partial charge in [-0.2, -0.15) is 5.10 Å². The molecular weight excluding hydrogens is 413 g/mol. The lowest BCUT2D eigenvalue weighted by Gasteiger charge is -2.37. The molecule has 0 bridgehead atoms. The molecule has 31 heavy (non-hydrogen) atoms. The summed E-state index contributed by atoms with van der Waals surface area (Å²) >= 11 is 0. The van der Waals surface area contributed by atoms with E-state index in [1.54, 1.807) is 6.07 Å². The second-order valence-corrected chi connectivity index (χ2v) is 7.34. The first kappa shape index (κ1) is 21.3. The Kier molecular flexibility index (Phi) is 5.69. The normalized spacial score (nSPS) is 16.3. The molecule has 1 aliphatic rings. The van der Waals surface area contributed by atoms with Crippen molar-refractivity contribution in [3.8, 4) is 11.4 Å². The number of benzene rings is 1. The van der Waals surface area contributed by atoms with Gasteiger partial charge in [-0.1, -0.05) is 6.08 Å². The summed E-state index contributed by atoms with van der Waals surface area (Å²) in [5.41, 5.74) is 2.18. The fraction of sp³-hybridized carbons (Fsp3) is 0.333. The maximum Gasteiger partial charge on any atom is 0.573 e. The van der Waals surface area contributed by atoms with E-state index in [9.17, 15) is 23.4 Å². The van der Waals surface area contributed by atoms with E-state index < -0.39 is 19.1 Å². The Labute approximate surface area is 176 Å². The molecule has 1 saturated heterocycles. The smallest absolute Gasteiger partial charge is 0.406 e. The number of hydrogen-bond donors (Lipinski definition) is 2. The lowest BCUT2D eigenvalue weighted by Crippen LogP contribution is -2.45. The minimum Gasteiger partial charge on any atom is -0.406 e. The van der Waals surface area contributed by atoms with Crippen LogP contribution in [0.15, 0.2) is 49.2 Å². The predicted molar refractivity (Wildman–Crippen MR) is 107 cm³/mol. The fourth-order valence-electron chi connectivity index (χ4n) is 3.80. The van der Waals surface area contributed by atoms with Gasteiger partial charge in [0.15, 0.2) is 5.65 Å². The van der Waals surface area contributed by atoms with Gasteiger partial charge in [-0.15, -0.1) is 19.8 Å². The minimum atomic E-state index is -4.77. The molecule has 0 radical (unpaired) electrons. The Bertz CT molecular complexity index is 1080. The Hall–Kier alpha value is -2.95. The van der Waals surface area contributed by atoms with Crippen LogP contribution in [0.5, 0.6) is 5.75 Å². The van der Waals surface area contributed by atoms with E-state index >= 15 is 0 Å². The number of hydrogen-bond acceptors (Lipinski definition) is 6. The number of alkyl halides is 3. The number of halogens is 3. The van der Waals surface area contributed by atoms with Crippen molar-refractivity contribution in [1.82, 2.24) is 19.7 Å². The average Bonchev–Trinajstić information content (AvgIpc) is 3.08. The molecule has 3 aromatic rings. The first-order valence-electron chi connectivity index (χ1n) is 9.66. The minimum absolute atomic E-state index is 0.0883. The summed E-state index contributed by atoms with van der Waals surface area (Å²) in [5, 5.41) is 25.2. The van der Waals surface area contributed by atoms with Crippen LogP contribution in [0.4, 0.5) is 13.2 Å². The van der Waals surface area contributed by atoms with Crippen LogP contribution in [0.1, 0.15) is 23.3 Å². The maximum atomic E-state index is 12.4. The Morgan fingerprint density at radius 3 is 2.55 bits per heavy atom. The molecule has 4 rings (SSSR count). The van der Waals surface area contributed by atoms with Crippen molar-refractivity contribution in [3.05, 3.63) is 60.4 Å². The molecule has 0 amide bonds. The molecule has 1 aliphatic heterocycles. The number of nitrogens with zero attached hydrogens (tertiary/aromatic N) is 4. The SMILES string of the molecule is C=CCN1CC(c2nn(-c3ccc(OC(F)(F)F)cc3)c3nccc([C@H](O)CO)c23)C1. The van der Waals surface area contributed by atoms with E-state index in [0.717, 1.165) is 25.3 Å². The molecule has 10 heteroatoms. The highest BCUT2D eigenvalue weighted by molar-refractivity contribution is 5.84. The van der Waals surface area contributed by atoms with Gasteiger partial charge in [0.05, 0.1) is 18.0 Å². The molecular formula is C21H21F3N4O3. The van der Waals surface area contributed by atoms with Crippen LogP contribution < -0.4 is 4.74 Å². The first-order valence-corrected chi connectivity index (χ1v) is 9.66. The zero-order chi connectivity index (χ0) is 22.2. The Morgan fingerprint density at radius 1 is 1.23 bits per heavy atom. The zero-order valence-corrected chi connectivity index (χ0v) is 16.5. The Balaban J connectivity index is 1.77. The van der Waals surface area contributed by atoms with Crippen molar-refractivity contribution in [2.24, 2.45) is 0 Å². The van der Waals surface area contributed by atoms with Gasteiger partial charge in [-0.3, -0.25) is 4.90 Å². The molecule has 1 aromatic carbocycles. The number of rotatable bonds is 7. The van der Waals surface area contributed by atoms with Gasteiger partial charge in [0.2, 0.25) is 0 Å². The number of aliphatic hydroxyl groups is 2. The first-order chi connectivity index (χ1) is 14.8. The van der Waals surface area contributed by atoms with Crippen molar-refractivity contribution >= 4 is 11.0 Å². The third kappa shape index (κ3) is 4.27. The van der Waals surface area contributed by atoms with E-state index in [1.165, 1.54) is 35.1 Å². The van der Waals surface area contributed by atoms with Crippen molar-refractivity contribution in [1.29, 1.82) is 0 Å². The summed E-state index contributed by atoms with van der Waals surface area (Å²) in [7, 11) is 0. The van der Waals surface area contributed by atoms with Crippen molar-refractivity contribution in [3.63, 3.8) is 0 Å². The number of fused-ring (bicyclic) bond motifs is 1. The number of ether oxygens (including phenoxy) is 1. The molecule has 0 aliphatic carbocycles. The average molecular weight is 434 g/mol. The molecule has 3 heterocycles. The van der Waals surface area contributed by atoms with Gasteiger partial charge in [0.25, 0.3) is 0 Å². The highest BCUT2D eigenvalue weighted by atomic mass is 19.4. The molecule has 1 fully saturated rings. The topological polar surface area (TPSA) is 83.6 Å². The van der Waals surface area contributed by atoms with Gasteiger partial charge in [0, 0.05) is 37.1 Å². The van der Waals surface area contributed by atoms with Crippen LogP contribution in [0.2, 0.25) is 0 Å². The van der Waals surface area contributed by atoms with E-state index in [2.05, 4.69) is 21.2 Å². The second kappa shape index (κ2) is 8.29. The summed E-state index contributed by atoms with van der Waals surface area (Å²) in [6.07, 6.45) is -2.55. The number of aliphatic hydroxyl groups excluding tert-OH is 2. The summed E-state index contributed by atoms with van der Waals surface area (Å²) < 4.78 is 42.8. The third-order valence-corrected chi connectivity index (χ3v) is 5.21. The second-order valence-electron chi connectivity index (χ2n) is 7.34. The lowest BCUT2D eigenvalue weighted by molar-refractivity contribution is -0.274. The van der Waals surface area contributed by atoms with Crippen LogP contribution in [-0.2, 0) is 0 Å². The van der Waals surface area contributed by atoms with Gasteiger partial charge in [-0.05, 0) is 35.9 Å². The van der Waals surface area contributed by atoms with Crippen molar-refractivity contribution in [2.75, 3.05) is 26.2 Å². The van der Waals surface area contributed by atoms with Crippen LogP contribution >= 0.6 is 0 Å². The van der Waals surface area contributed by atoms with E-state index in [0.29, 0.717) is 22.3 Å². The standard InChI is InChI=1S/C21H21F3N4O3/c1-2-9-27-10-13(11-27)19-18-16(17(30)12-29)7-8-25-20(18)28(26-19)14-3-5-15(6-4-14)31-21(22,23)24/h2-8,13,17,29-30H,1,9-12H2/t17-/m1/s1. The fourth-order valence-corrected chi connectivity index (χ4v) is 3.80. The van der Waals surface area contributed by atoms with Crippen LogP contribution in [0, 0.1) is 0 Å². The molecule has 0 spiro atoms. The van der Waals surface area contributed by atoms with Crippen molar-refractivity contribution < 1.29 is 28.1 Å². The van der Waals surface area contributed by atoms with Crippen LogP contribution in [0.25, 0.3) is 16.7 Å². The largest absolute Gasteiger partial charge is 0.573 e. The molecule has 0 saturated carbocycles. The van der Waals surface area contributed by atoms with Gasteiger partial charge < -0.3 is 14.9 Å². The maximum absolute atomic E-state index is 12.4. The highest BCUT2D eigenvalue weighted by Gasteiger charge is 2.33. The summed E-state index contributed by atoms with van der Waals surface area (Å²) in [5.74, 6) is -0.248. The molecule has 0 unspecified atom stereocenters.